The van der Waals surface area contributed by atoms with Gasteiger partial charge in [0.15, 0.2) is 0 Å². The molecule has 0 spiro atoms. The molecule has 2 rings (SSSR count). The van der Waals surface area contributed by atoms with Crippen molar-refractivity contribution in [1.29, 1.82) is 0 Å². The van der Waals surface area contributed by atoms with Crippen molar-refractivity contribution in [3.63, 3.8) is 0 Å². The molecule has 1 amide bonds. The van der Waals surface area contributed by atoms with Crippen molar-refractivity contribution in [2.24, 2.45) is 11.7 Å². The Balaban J connectivity index is 1.94. The van der Waals surface area contributed by atoms with E-state index in [1.807, 2.05) is 0 Å². The number of hydrogen-bond donors (Lipinski definition) is 3. The molecule has 6 heteroatoms. The highest BCUT2D eigenvalue weighted by atomic mass is 16.4. The highest BCUT2D eigenvalue weighted by molar-refractivity contribution is 5.92. The van der Waals surface area contributed by atoms with E-state index in [9.17, 15) is 9.59 Å². The number of nitrogens with zero attached hydrogens (tertiary/aromatic N) is 1. The van der Waals surface area contributed by atoms with Gasteiger partial charge in [-0.1, -0.05) is 0 Å². The molecule has 0 bridgehead atoms. The molecule has 1 heterocycles. The van der Waals surface area contributed by atoms with Gasteiger partial charge in [-0.25, -0.2) is 4.98 Å². The van der Waals surface area contributed by atoms with Crippen molar-refractivity contribution in [2.75, 3.05) is 5.32 Å². The van der Waals surface area contributed by atoms with Gasteiger partial charge in [0.25, 0.3) is 0 Å². The molecule has 0 aromatic carbocycles. The third kappa shape index (κ3) is 2.77. The molecule has 96 valence electrons. The molecule has 1 aliphatic rings. The van der Waals surface area contributed by atoms with Crippen LogP contribution >= 0.6 is 0 Å². The summed E-state index contributed by atoms with van der Waals surface area (Å²) in [6.45, 7) is 0. The van der Waals surface area contributed by atoms with Gasteiger partial charge < -0.3 is 16.2 Å². The zero-order valence-electron chi connectivity index (χ0n) is 9.80. The Morgan fingerprint density at radius 1 is 1.39 bits per heavy atom. The summed E-state index contributed by atoms with van der Waals surface area (Å²) in [6.07, 6.45) is 3.52. The summed E-state index contributed by atoms with van der Waals surface area (Å²) in [5.74, 6) is -0.888. The second-order valence-electron chi connectivity index (χ2n) is 4.49. The Morgan fingerprint density at radius 2 is 2.17 bits per heavy atom. The third-order valence-corrected chi connectivity index (χ3v) is 3.18. The molecule has 18 heavy (non-hydrogen) atoms. The quantitative estimate of drug-likeness (QED) is 0.733. The Bertz CT molecular complexity index is 458. The van der Waals surface area contributed by atoms with Gasteiger partial charge in [0.05, 0.1) is 11.5 Å². The van der Waals surface area contributed by atoms with E-state index in [2.05, 4.69) is 10.3 Å². The van der Waals surface area contributed by atoms with Gasteiger partial charge in [-0.2, -0.15) is 0 Å². The van der Waals surface area contributed by atoms with Gasteiger partial charge in [-0.3, -0.25) is 9.59 Å². The number of carbonyl (C=O) groups excluding carboxylic acids is 1. The van der Waals surface area contributed by atoms with Gasteiger partial charge in [0, 0.05) is 12.2 Å². The van der Waals surface area contributed by atoms with Crippen molar-refractivity contribution < 1.29 is 14.7 Å². The number of rotatable bonds is 4. The smallest absolute Gasteiger partial charge is 0.306 e. The van der Waals surface area contributed by atoms with Crippen LogP contribution < -0.4 is 11.1 Å². The van der Waals surface area contributed by atoms with Crippen molar-refractivity contribution in [1.82, 2.24) is 4.98 Å². The summed E-state index contributed by atoms with van der Waals surface area (Å²) in [5.41, 5.74) is 5.47. The zero-order chi connectivity index (χ0) is 13.1. The van der Waals surface area contributed by atoms with E-state index in [1.54, 1.807) is 12.1 Å². The summed E-state index contributed by atoms with van der Waals surface area (Å²) in [5, 5.41) is 12.1. The summed E-state index contributed by atoms with van der Waals surface area (Å²) in [4.78, 5) is 25.8. The first-order valence-electron chi connectivity index (χ1n) is 5.81. The fourth-order valence-corrected chi connectivity index (χ4v) is 2.17. The number of pyridine rings is 1. The van der Waals surface area contributed by atoms with E-state index < -0.39 is 11.9 Å². The van der Waals surface area contributed by atoms with Crippen LogP contribution in [0, 0.1) is 5.92 Å². The van der Waals surface area contributed by atoms with Crippen LogP contribution in [0.5, 0.6) is 0 Å². The number of carboxylic acid groups (broad SMARTS) is 1. The highest BCUT2D eigenvalue weighted by Crippen LogP contribution is 2.27. The Labute approximate surface area is 104 Å². The monoisotopic (exact) mass is 249 g/mol. The molecule has 1 fully saturated rings. The summed E-state index contributed by atoms with van der Waals surface area (Å²) in [7, 11) is 0. The molecule has 4 N–H and O–H groups in total. The number of anilines is 1. The molecule has 0 saturated heterocycles. The minimum Gasteiger partial charge on any atom is -0.481 e. The zero-order valence-corrected chi connectivity index (χ0v) is 9.80. The fourth-order valence-electron chi connectivity index (χ4n) is 2.17. The van der Waals surface area contributed by atoms with E-state index in [-0.39, 0.29) is 12.0 Å². The predicted molar refractivity (Wildman–Crippen MR) is 65.1 cm³/mol. The average Bonchev–Trinajstić information content (AvgIpc) is 2.78. The molecule has 1 aromatic rings. The van der Waals surface area contributed by atoms with Gasteiger partial charge >= 0.3 is 5.97 Å². The van der Waals surface area contributed by atoms with Crippen LogP contribution in [-0.4, -0.2) is 28.0 Å². The predicted octanol–water partition coefficient (Wildman–Crippen LogP) is 0.846. The van der Waals surface area contributed by atoms with Crippen molar-refractivity contribution in [3.8, 4) is 0 Å². The van der Waals surface area contributed by atoms with Gasteiger partial charge in [0.2, 0.25) is 5.91 Å². The van der Waals surface area contributed by atoms with Crippen LogP contribution in [0.25, 0.3) is 0 Å². The molecule has 1 aliphatic carbocycles. The first-order valence-corrected chi connectivity index (χ1v) is 5.81. The molecule has 2 unspecified atom stereocenters. The molecule has 0 radical (unpaired) electrons. The molecule has 2 atom stereocenters. The molecular formula is C12H15N3O3. The lowest BCUT2D eigenvalue weighted by Crippen LogP contribution is -2.19. The van der Waals surface area contributed by atoms with E-state index in [4.69, 9.17) is 10.8 Å². The normalized spacial score (nSPS) is 22.7. The topological polar surface area (TPSA) is 105 Å². The van der Waals surface area contributed by atoms with Crippen LogP contribution in [0.2, 0.25) is 0 Å². The molecule has 0 aliphatic heterocycles. The van der Waals surface area contributed by atoms with Crippen molar-refractivity contribution >= 4 is 17.7 Å². The van der Waals surface area contributed by atoms with E-state index in [0.717, 1.165) is 6.42 Å². The number of amides is 1. The number of carbonyl (C=O) groups is 2. The van der Waals surface area contributed by atoms with Crippen LogP contribution in [0.1, 0.15) is 29.6 Å². The van der Waals surface area contributed by atoms with Crippen LogP contribution in [0.4, 0.5) is 5.82 Å². The molecule has 6 nitrogen and oxygen atoms in total. The lowest BCUT2D eigenvalue weighted by Gasteiger charge is -2.12. The second-order valence-corrected chi connectivity index (χ2v) is 4.49. The SMILES string of the molecule is NC(=O)c1ccc(NC2CCC(C(=O)O)C2)nc1. The highest BCUT2D eigenvalue weighted by Gasteiger charge is 2.29. The lowest BCUT2D eigenvalue weighted by atomic mass is 10.1. The largest absolute Gasteiger partial charge is 0.481 e. The van der Waals surface area contributed by atoms with Gasteiger partial charge in [-0.15, -0.1) is 0 Å². The average molecular weight is 249 g/mol. The van der Waals surface area contributed by atoms with Crippen molar-refractivity contribution in [2.45, 2.75) is 25.3 Å². The van der Waals surface area contributed by atoms with E-state index in [0.29, 0.717) is 24.2 Å². The minimum absolute atomic E-state index is 0.123. The maximum atomic E-state index is 10.9. The molecule has 1 saturated carbocycles. The number of primary amides is 1. The number of carboxylic acids is 1. The summed E-state index contributed by atoms with van der Waals surface area (Å²) >= 11 is 0. The second kappa shape index (κ2) is 5.03. The standard InChI is InChI=1S/C12H15N3O3/c13-11(16)8-2-4-10(14-6-8)15-9-3-1-7(5-9)12(17)18/h2,4,6-7,9H,1,3,5H2,(H2,13,16)(H,14,15)(H,17,18). The number of nitrogens with one attached hydrogen (secondary N) is 1. The van der Waals surface area contributed by atoms with Gasteiger partial charge in [0.1, 0.15) is 5.82 Å². The maximum Gasteiger partial charge on any atom is 0.306 e. The number of aliphatic carboxylic acids is 1. The Hall–Kier alpha value is -2.11. The first-order chi connectivity index (χ1) is 8.56. The first kappa shape index (κ1) is 12.3. The number of nitrogens with two attached hydrogens (primary N) is 1. The Kier molecular flexibility index (Phi) is 3.45. The van der Waals surface area contributed by atoms with Gasteiger partial charge in [-0.05, 0) is 31.4 Å². The fraction of sp³-hybridized carbons (Fsp3) is 0.417. The maximum absolute atomic E-state index is 10.9. The molecule has 1 aromatic heterocycles. The third-order valence-electron chi connectivity index (χ3n) is 3.18. The van der Waals surface area contributed by atoms with Crippen LogP contribution in [0.3, 0.4) is 0 Å². The summed E-state index contributed by atoms with van der Waals surface area (Å²) < 4.78 is 0. The lowest BCUT2D eigenvalue weighted by molar-refractivity contribution is -0.141. The van der Waals surface area contributed by atoms with E-state index in [1.165, 1.54) is 6.20 Å². The van der Waals surface area contributed by atoms with E-state index >= 15 is 0 Å². The minimum atomic E-state index is -0.740. The Morgan fingerprint density at radius 3 is 2.67 bits per heavy atom. The summed E-state index contributed by atoms with van der Waals surface area (Å²) in [6, 6.07) is 3.40. The molecular weight excluding hydrogens is 234 g/mol. The number of hydrogen-bond acceptors (Lipinski definition) is 4. The van der Waals surface area contributed by atoms with Crippen molar-refractivity contribution in [3.05, 3.63) is 23.9 Å². The van der Waals surface area contributed by atoms with Crippen LogP contribution in [0.15, 0.2) is 18.3 Å². The van der Waals surface area contributed by atoms with Crippen LogP contribution in [-0.2, 0) is 4.79 Å². The number of aromatic nitrogens is 1.